The summed E-state index contributed by atoms with van der Waals surface area (Å²) in [6, 6.07) is 14.7. The molecule has 6 nitrogen and oxygen atoms in total. The van der Waals surface area contributed by atoms with E-state index >= 15 is 0 Å². The first kappa shape index (κ1) is 15.4. The minimum absolute atomic E-state index is 0.0642. The number of rotatable bonds is 4. The molecule has 2 N–H and O–H groups in total. The van der Waals surface area contributed by atoms with E-state index in [1.807, 2.05) is 48.5 Å². The van der Waals surface area contributed by atoms with Gasteiger partial charge in [0, 0.05) is 5.69 Å². The molecule has 1 aliphatic heterocycles. The van der Waals surface area contributed by atoms with Gasteiger partial charge in [-0.15, -0.1) is 0 Å². The molecule has 2 amide bonds. The lowest BCUT2D eigenvalue weighted by Gasteiger charge is -2.12. The number of nitrogens with zero attached hydrogens (tertiary/aromatic N) is 2. The molecule has 1 atom stereocenters. The van der Waals surface area contributed by atoms with Crippen LogP contribution in [-0.4, -0.2) is 21.4 Å². The molecule has 1 aliphatic rings. The molecule has 0 bridgehead atoms. The first-order valence-electron chi connectivity index (χ1n) is 8.32. The Balaban J connectivity index is 1.54. The number of nitrogens with one attached hydrogen (secondary N) is 2. The van der Waals surface area contributed by atoms with Crippen molar-refractivity contribution in [1.29, 1.82) is 0 Å². The highest BCUT2D eigenvalue weighted by Gasteiger charge is 2.34. The maximum Gasteiger partial charge on any atom is 0.250 e. The van der Waals surface area contributed by atoms with Gasteiger partial charge in [0.25, 0.3) is 0 Å². The van der Waals surface area contributed by atoms with Gasteiger partial charge in [-0.05, 0) is 36.2 Å². The van der Waals surface area contributed by atoms with Crippen molar-refractivity contribution < 1.29 is 9.59 Å². The molecule has 1 aromatic heterocycles. The smallest absolute Gasteiger partial charge is 0.250 e. The normalized spacial score (nSPS) is 15.9. The van der Waals surface area contributed by atoms with Gasteiger partial charge in [0.2, 0.25) is 17.8 Å². The van der Waals surface area contributed by atoms with Crippen molar-refractivity contribution >= 4 is 34.5 Å². The maximum atomic E-state index is 12.4. The molecule has 6 heteroatoms. The van der Waals surface area contributed by atoms with Crippen molar-refractivity contribution in [2.24, 2.45) is 0 Å². The highest BCUT2D eigenvalue weighted by Crippen LogP contribution is 2.32. The molecule has 3 aromatic rings. The van der Waals surface area contributed by atoms with Crippen LogP contribution in [0, 0.1) is 0 Å². The lowest BCUT2D eigenvalue weighted by molar-refractivity contribution is -0.123. The van der Waals surface area contributed by atoms with Gasteiger partial charge in [0.15, 0.2) is 0 Å². The predicted molar refractivity (Wildman–Crippen MR) is 96.5 cm³/mol. The van der Waals surface area contributed by atoms with Gasteiger partial charge in [-0.2, -0.15) is 0 Å². The van der Waals surface area contributed by atoms with Crippen molar-refractivity contribution in [1.82, 2.24) is 9.55 Å². The molecule has 0 saturated carbocycles. The largest absolute Gasteiger partial charge is 0.326 e. The monoisotopic (exact) mass is 334 g/mol. The number of hydrogen-bond acceptors (Lipinski definition) is 3. The number of carbonyl (C=O) groups excluding carboxylic acids is 2. The fraction of sp³-hybridized carbons (Fsp3) is 0.211. The molecule has 2 heterocycles. The molecule has 0 fully saturated rings. The Morgan fingerprint density at radius 2 is 1.96 bits per heavy atom. The maximum absolute atomic E-state index is 12.4. The van der Waals surface area contributed by atoms with Gasteiger partial charge < -0.3 is 5.32 Å². The summed E-state index contributed by atoms with van der Waals surface area (Å²) in [4.78, 5) is 29.1. The van der Waals surface area contributed by atoms with Gasteiger partial charge in [0.1, 0.15) is 6.04 Å². The number of aryl methyl sites for hydroxylation is 1. The quantitative estimate of drug-likeness (QED) is 0.770. The average molecular weight is 334 g/mol. The summed E-state index contributed by atoms with van der Waals surface area (Å²) < 4.78 is 1.80. The van der Waals surface area contributed by atoms with Crippen molar-refractivity contribution in [3.8, 4) is 0 Å². The highest BCUT2D eigenvalue weighted by atomic mass is 16.2. The van der Waals surface area contributed by atoms with Crippen molar-refractivity contribution in [3.63, 3.8) is 0 Å². The SMILES string of the molecule is CCc1ccc(NC(=O)CC2C(=O)Nc3nc4ccccc4n32)cc1. The second kappa shape index (κ2) is 6.05. The summed E-state index contributed by atoms with van der Waals surface area (Å²) in [5.41, 5.74) is 3.60. The van der Waals surface area contributed by atoms with E-state index in [1.165, 1.54) is 5.56 Å². The number of imidazole rings is 1. The van der Waals surface area contributed by atoms with Crippen LogP contribution < -0.4 is 10.6 Å². The van der Waals surface area contributed by atoms with E-state index in [2.05, 4.69) is 22.5 Å². The van der Waals surface area contributed by atoms with E-state index in [0.717, 1.165) is 23.1 Å². The lowest BCUT2D eigenvalue weighted by atomic mass is 10.1. The molecule has 1 unspecified atom stereocenters. The molecule has 25 heavy (non-hydrogen) atoms. The van der Waals surface area contributed by atoms with Crippen LogP contribution >= 0.6 is 0 Å². The molecule has 0 spiro atoms. The molecule has 4 rings (SSSR count). The van der Waals surface area contributed by atoms with E-state index in [-0.39, 0.29) is 18.2 Å². The van der Waals surface area contributed by atoms with Crippen molar-refractivity contribution in [2.45, 2.75) is 25.8 Å². The summed E-state index contributed by atoms with van der Waals surface area (Å²) in [7, 11) is 0. The molecule has 0 aliphatic carbocycles. The van der Waals surface area contributed by atoms with E-state index in [9.17, 15) is 9.59 Å². The minimum atomic E-state index is -0.586. The summed E-state index contributed by atoms with van der Waals surface area (Å²) in [5, 5.41) is 5.61. The fourth-order valence-electron chi connectivity index (χ4n) is 3.15. The van der Waals surface area contributed by atoms with Crippen LogP contribution in [0.25, 0.3) is 11.0 Å². The zero-order valence-electron chi connectivity index (χ0n) is 13.8. The number of para-hydroxylation sites is 2. The zero-order chi connectivity index (χ0) is 17.4. The van der Waals surface area contributed by atoms with E-state index in [0.29, 0.717) is 5.95 Å². The highest BCUT2D eigenvalue weighted by molar-refractivity contribution is 6.03. The predicted octanol–water partition coefficient (Wildman–Crippen LogP) is 3.12. The standard InChI is InChI=1S/C19H18N4O2/c1-2-12-7-9-13(10-8-12)20-17(24)11-16-18(25)22-19-21-14-5-3-4-6-15(14)23(16)19/h3-10,16H,2,11H2,1H3,(H,20,24)(H,21,22,25). The number of aromatic nitrogens is 2. The zero-order valence-corrected chi connectivity index (χ0v) is 13.8. The van der Waals surface area contributed by atoms with E-state index in [4.69, 9.17) is 0 Å². The summed E-state index contributed by atoms with van der Waals surface area (Å²) in [5.74, 6) is 0.0936. The van der Waals surface area contributed by atoms with Gasteiger partial charge in [-0.25, -0.2) is 4.98 Å². The van der Waals surface area contributed by atoms with Crippen LogP contribution in [0.2, 0.25) is 0 Å². The fourth-order valence-corrected chi connectivity index (χ4v) is 3.15. The Labute approximate surface area is 144 Å². The van der Waals surface area contributed by atoms with Crippen LogP contribution in [0.4, 0.5) is 11.6 Å². The van der Waals surface area contributed by atoms with Crippen LogP contribution in [0.5, 0.6) is 0 Å². The van der Waals surface area contributed by atoms with Crippen molar-refractivity contribution in [2.75, 3.05) is 10.6 Å². The lowest BCUT2D eigenvalue weighted by Crippen LogP contribution is -2.23. The minimum Gasteiger partial charge on any atom is -0.326 e. The molecular formula is C19H18N4O2. The molecule has 2 aromatic carbocycles. The third-order valence-electron chi connectivity index (χ3n) is 4.47. The second-order valence-corrected chi connectivity index (χ2v) is 6.10. The van der Waals surface area contributed by atoms with Crippen LogP contribution in [-0.2, 0) is 16.0 Å². The first-order chi connectivity index (χ1) is 12.2. The van der Waals surface area contributed by atoms with Gasteiger partial charge >= 0.3 is 0 Å². The number of benzene rings is 2. The van der Waals surface area contributed by atoms with Gasteiger partial charge in [-0.1, -0.05) is 31.2 Å². The Bertz CT molecular complexity index is 959. The van der Waals surface area contributed by atoms with E-state index in [1.54, 1.807) is 4.57 Å². The molecule has 0 radical (unpaired) electrons. The molecule has 0 saturated heterocycles. The topological polar surface area (TPSA) is 76.0 Å². The summed E-state index contributed by atoms with van der Waals surface area (Å²) in [6.45, 7) is 2.08. The van der Waals surface area contributed by atoms with Gasteiger partial charge in [-0.3, -0.25) is 19.5 Å². The summed E-state index contributed by atoms with van der Waals surface area (Å²) >= 11 is 0. The Morgan fingerprint density at radius 1 is 1.20 bits per heavy atom. The average Bonchev–Trinajstić information content (AvgIpc) is 3.11. The number of fused-ring (bicyclic) bond motifs is 3. The van der Waals surface area contributed by atoms with Crippen molar-refractivity contribution in [3.05, 3.63) is 54.1 Å². The molecular weight excluding hydrogens is 316 g/mol. The second-order valence-electron chi connectivity index (χ2n) is 6.10. The van der Waals surface area contributed by atoms with Crippen LogP contribution in [0.3, 0.4) is 0 Å². The third-order valence-corrected chi connectivity index (χ3v) is 4.47. The third kappa shape index (κ3) is 2.76. The number of hydrogen-bond donors (Lipinski definition) is 2. The van der Waals surface area contributed by atoms with Gasteiger partial charge in [0.05, 0.1) is 17.5 Å². The van der Waals surface area contributed by atoms with Crippen LogP contribution in [0.15, 0.2) is 48.5 Å². The Hall–Kier alpha value is -3.15. The number of anilines is 2. The molecule has 126 valence electrons. The van der Waals surface area contributed by atoms with Crippen LogP contribution in [0.1, 0.15) is 24.9 Å². The number of amides is 2. The number of carbonyl (C=O) groups is 2. The summed E-state index contributed by atoms with van der Waals surface area (Å²) in [6.07, 6.45) is 1.02. The Kier molecular flexibility index (Phi) is 3.72. The first-order valence-corrected chi connectivity index (χ1v) is 8.32. The Morgan fingerprint density at radius 3 is 2.72 bits per heavy atom. The van der Waals surface area contributed by atoms with E-state index < -0.39 is 6.04 Å².